The van der Waals surface area contributed by atoms with Crippen LogP contribution in [0, 0.1) is 5.92 Å². The predicted molar refractivity (Wildman–Crippen MR) is 68.5 cm³/mol. The Morgan fingerprint density at radius 1 is 1.35 bits per heavy atom. The highest BCUT2D eigenvalue weighted by atomic mass is 16.5. The Hall–Kier alpha value is -1.31. The van der Waals surface area contributed by atoms with Gasteiger partial charge in [0.05, 0.1) is 0 Å². The quantitative estimate of drug-likeness (QED) is 0.363. The Balaban J connectivity index is 2.22. The number of rotatable bonds is 0. The van der Waals surface area contributed by atoms with Gasteiger partial charge in [0.15, 0.2) is 0 Å². The van der Waals surface area contributed by atoms with Gasteiger partial charge in [-0.05, 0) is 45.6 Å². The first kappa shape index (κ1) is 12.2. The topological polar surface area (TPSA) is 26.3 Å². The van der Waals surface area contributed by atoms with Gasteiger partial charge < -0.3 is 4.74 Å². The van der Waals surface area contributed by atoms with Crippen LogP contribution < -0.4 is 0 Å². The molecule has 1 fully saturated rings. The van der Waals surface area contributed by atoms with E-state index < -0.39 is 0 Å². The maximum atomic E-state index is 11.5. The molecule has 1 heterocycles. The Bertz CT molecular complexity index is 401. The van der Waals surface area contributed by atoms with E-state index in [1.54, 1.807) is 0 Å². The van der Waals surface area contributed by atoms with Gasteiger partial charge in [0.2, 0.25) is 0 Å². The summed E-state index contributed by atoms with van der Waals surface area (Å²) in [6.45, 7) is 8.14. The molecule has 0 aromatic heterocycles. The summed E-state index contributed by atoms with van der Waals surface area (Å²) in [6, 6.07) is 0. The lowest BCUT2D eigenvalue weighted by Crippen LogP contribution is -2.15. The summed E-state index contributed by atoms with van der Waals surface area (Å²) in [4.78, 5) is 11.5. The molecule has 17 heavy (non-hydrogen) atoms. The molecular weight excluding hydrogens is 212 g/mol. The molecule has 0 spiro atoms. The van der Waals surface area contributed by atoms with Crippen molar-refractivity contribution in [2.45, 2.75) is 45.6 Å². The van der Waals surface area contributed by atoms with E-state index in [0.29, 0.717) is 5.57 Å². The lowest BCUT2D eigenvalue weighted by atomic mass is 9.88. The molecule has 2 heteroatoms. The van der Waals surface area contributed by atoms with Crippen LogP contribution in [0.4, 0.5) is 0 Å². The lowest BCUT2D eigenvalue weighted by Gasteiger charge is -2.17. The van der Waals surface area contributed by atoms with Gasteiger partial charge in [0, 0.05) is 11.5 Å². The standard InChI is InChI=1S/C15H20O2/c1-10-5-4-6-13-12(3)15(16)17-14(13)9-11(2)8-7-10/h7,9,13-14H,3-6,8H2,1-2H3/b10-7+,11-9+/t13-,14+/m0/s1. The van der Waals surface area contributed by atoms with Gasteiger partial charge in [-0.25, -0.2) is 4.79 Å². The van der Waals surface area contributed by atoms with Gasteiger partial charge in [-0.3, -0.25) is 0 Å². The summed E-state index contributed by atoms with van der Waals surface area (Å²) in [5.74, 6) is -0.0312. The molecule has 0 saturated carbocycles. The third kappa shape index (κ3) is 2.68. The number of carbonyl (C=O) groups excluding carboxylic acids is 1. The van der Waals surface area contributed by atoms with Crippen molar-refractivity contribution in [1.82, 2.24) is 0 Å². The molecule has 1 aliphatic heterocycles. The number of ether oxygens (including phenoxy) is 1. The summed E-state index contributed by atoms with van der Waals surface area (Å²) in [5, 5.41) is 0. The molecule has 92 valence electrons. The van der Waals surface area contributed by atoms with E-state index in [0.717, 1.165) is 25.7 Å². The summed E-state index contributed by atoms with van der Waals surface area (Å²) < 4.78 is 5.37. The molecule has 2 rings (SSSR count). The molecule has 1 aliphatic carbocycles. The highest BCUT2D eigenvalue weighted by Gasteiger charge is 2.36. The number of hydrogen-bond donors (Lipinski definition) is 0. The Kier molecular flexibility index (Phi) is 3.51. The average Bonchev–Trinajstić information content (AvgIpc) is 2.54. The third-order valence-corrected chi connectivity index (χ3v) is 3.66. The van der Waals surface area contributed by atoms with Crippen molar-refractivity contribution in [3.05, 3.63) is 35.5 Å². The second-order valence-electron chi connectivity index (χ2n) is 5.16. The number of carbonyl (C=O) groups is 1. The minimum absolute atomic E-state index is 0.0817. The van der Waals surface area contributed by atoms with Gasteiger partial charge in [-0.1, -0.05) is 23.8 Å². The van der Waals surface area contributed by atoms with Gasteiger partial charge in [0.25, 0.3) is 0 Å². The molecule has 0 bridgehead atoms. The second kappa shape index (κ2) is 4.91. The van der Waals surface area contributed by atoms with Crippen LogP contribution in [-0.2, 0) is 9.53 Å². The highest BCUT2D eigenvalue weighted by Crippen LogP contribution is 2.33. The van der Waals surface area contributed by atoms with Crippen LogP contribution in [0.5, 0.6) is 0 Å². The summed E-state index contributed by atoms with van der Waals surface area (Å²) >= 11 is 0. The Morgan fingerprint density at radius 3 is 2.88 bits per heavy atom. The zero-order valence-corrected chi connectivity index (χ0v) is 10.7. The predicted octanol–water partition coefficient (Wildman–Crippen LogP) is 3.55. The fourth-order valence-corrected chi connectivity index (χ4v) is 2.51. The number of hydrogen-bond acceptors (Lipinski definition) is 2. The monoisotopic (exact) mass is 232 g/mol. The van der Waals surface area contributed by atoms with Crippen molar-refractivity contribution in [1.29, 1.82) is 0 Å². The van der Waals surface area contributed by atoms with E-state index in [-0.39, 0.29) is 18.0 Å². The minimum atomic E-state index is -0.215. The SMILES string of the molecule is C=C1C(=O)O[C@@H]2/C=C(\C)C/C=C(\C)CCC[C@@H]12. The van der Waals surface area contributed by atoms with Crippen molar-refractivity contribution in [3.8, 4) is 0 Å². The molecule has 0 unspecified atom stereocenters. The van der Waals surface area contributed by atoms with Crippen LogP contribution in [0.15, 0.2) is 35.5 Å². The summed E-state index contributed by atoms with van der Waals surface area (Å²) in [7, 11) is 0. The molecule has 2 aliphatic rings. The van der Waals surface area contributed by atoms with E-state index in [4.69, 9.17) is 4.74 Å². The number of fused-ring (bicyclic) bond motifs is 1. The van der Waals surface area contributed by atoms with Crippen LogP contribution >= 0.6 is 0 Å². The van der Waals surface area contributed by atoms with E-state index in [1.165, 1.54) is 11.1 Å². The molecule has 0 amide bonds. The van der Waals surface area contributed by atoms with Crippen molar-refractivity contribution in [2.24, 2.45) is 5.92 Å². The first-order valence-electron chi connectivity index (χ1n) is 6.30. The van der Waals surface area contributed by atoms with Crippen molar-refractivity contribution in [3.63, 3.8) is 0 Å². The van der Waals surface area contributed by atoms with Crippen molar-refractivity contribution >= 4 is 5.97 Å². The largest absolute Gasteiger partial charge is 0.454 e. The van der Waals surface area contributed by atoms with E-state index in [1.807, 2.05) is 0 Å². The van der Waals surface area contributed by atoms with Crippen LogP contribution in [0.2, 0.25) is 0 Å². The molecule has 2 atom stereocenters. The zero-order valence-electron chi connectivity index (χ0n) is 10.7. The van der Waals surface area contributed by atoms with Gasteiger partial charge >= 0.3 is 5.97 Å². The Morgan fingerprint density at radius 2 is 2.12 bits per heavy atom. The lowest BCUT2D eigenvalue weighted by molar-refractivity contribution is -0.137. The van der Waals surface area contributed by atoms with Gasteiger partial charge in [0.1, 0.15) is 6.10 Å². The fourth-order valence-electron chi connectivity index (χ4n) is 2.51. The van der Waals surface area contributed by atoms with Crippen LogP contribution in [0.3, 0.4) is 0 Å². The third-order valence-electron chi connectivity index (χ3n) is 3.66. The van der Waals surface area contributed by atoms with Crippen molar-refractivity contribution < 1.29 is 9.53 Å². The van der Waals surface area contributed by atoms with E-state index in [2.05, 4.69) is 32.6 Å². The van der Waals surface area contributed by atoms with Crippen molar-refractivity contribution in [2.75, 3.05) is 0 Å². The maximum Gasteiger partial charge on any atom is 0.334 e. The number of esters is 1. The van der Waals surface area contributed by atoms with Gasteiger partial charge in [-0.2, -0.15) is 0 Å². The van der Waals surface area contributed by atoms with E-state index >= 15 is 0 Å². The first-order valence-corrected chi connectivity index (χ1v) is 6.30. The van der Waals surface area contributed by atoms with Crippen LogP contribution in [0.25, 0.3) is 0 Å². The van der Waals surface area contributed by atoms with Gasteiger partial charge in [-0.15, -0.1) is 0 Å². The normalized spacial score (nSPS) is 36.4. The molecule has 0 radical (unpaired) electrons. The highest BCUT2D eigenvalue weighted by molar-refractivity contribution is 5.91. The van der Waals surface area contributed by atoms with Crippen LogP contribution in [0.1, 0.15) is 39.5 Å². The molecular formula is C15H20O2. The summed E-state index contributed by atoms with van der Waals surface area (Å²) in [5.41, 5.74) is 3.36. The maximum absolute atomic E-state index is 11.5. The molecule has 0 aromatic rings. The molecule has 0 aromatic carbocycles. The first-order chi connectivity index (χ1) is 8.08. The zero-order chi connectivity index (χ0) is 12.4. The molecule has 0 N–H and O–H groups in total. The second-order valence-corrected chi connectivity index (χ2v) is 5.16. The fraction of sp³-hybridized carbons (Fsp3) is 0.533. The Labute approximate surface area is 103 Å². The molecule has 1 saturated heterocycles. The van der Waals surface area contributed by atoms with Crippen LogP contribution in [-0.4, -0.2) is 12.1 Å². The molecule has 2 nitrogen and oxygen atoms in total. The average molecular weight is 232 g/mol. The minimum Gasteiger partial charge on any atom is -0.454 e. The smallest absolute Gasteiger partial charge is 0.334 e. The van der Waals surface area contributed by atoms with E-state index in [9.17, 15) is 4.79 Å². The number of allylic oxidation sites excluding steroid dienone is 3. The summed E-state index contributed by atoms with van der Waals surface area (Å²) in [6.07, 6.45) is 8.45.